The molecule has 1 aliphatic rings. The predicted molar refractivity (Wildman–Crippen MR) is 103 cm³/mol. The standard InChI is InChI=1S/C20H24N2O4S/c1-15-9-10-17(20(23)24)13-19(15)27(25,26)21-14-18(22-11-5-6-12-22)16-7-3-2-4-8-16/h2-4,7-10,13,18,21H,5-6,11-12,14H2,1H3,(H,23,24). The van der Waals surface area contributed by atoms with Gasteiger partial charge >= 0.3 is 5.97 Å². The Morgan fingerprint density at radius 2 is 1.81 bits per heavy atom. The molecule has 2 N–H and O–H groups in total. The predicted octanol–water partition coefficient (Wildman–Crippen LogP) is 2.81. The van der Waals surface area contributed by atoms with Crippen LogP contribution in [-0.2, 0) is 10.0 Å². The molecule has 0 amide bonds. The minimum absolute atomic E-state index is 0.00985. The lowest BCUT2D eigenvalue weighted by Gasteiger charge is -2.28. The van der Waals surface area contributed by atoms with Gasteiger partial charge in [0.1, 0.15) is 0 Å². The van der Waals surface area contributed by atoms with Gasteiger partial charge in [0.25, 0.3) is 0 Å². The van der Waals surface area contributed by atoms with Crippen LogP contribution in [0.3, 0.4) is 0 Å². The molecule has 0 bridgehead atoms. The van der Waals surface area contributed by atoms with Gasteiger partial charge in [-0.25, -0.2) is 17.9 Å². The van der Waals surface area contributed by atoms with E-state index in [2.05, 4.69) is 9.62 Å². The van der Waals surface area contributed by atoms with Gasteiger partial charge in [0.15, 0.2) is 0 Å². The quantitative estimate of drug-likeness (QED) is 0.762. The first-order valence-electron chi connectivity index (χ1n) is 9.01. The molecule has 1 aliphatic heterocycles. The number of rotatable bonds is 7. The molecule has 3 rings (SSSR count). The van der Waals surface area contributed by atoms with Gasteiger partial charge in [0, 0.05) is 12.6 Å². The van der Waals surface area contributed by atoms with Crippen LogP contribution in [0.4, 0.5) is 0 Å². The van der Waals surface area contributed by atoms with Crippen molar-refractivity contribution in [1.29, 1.82) is 0 Å². The Bertz CT molecular complexity index is 907. The second-order valence-electron chi connectivity index (χ2n) is 6.81. The zero-order valence-corrected chi connectivity index (χ0v) is 16.1. The number of aromatic carboxylic acids is 1. The maximum Gasteiger partial charge on any atom is 0.335 e. The minimum atomic E-state index is -3.82. The lowest BCUT2D eigenvalue weighted by molar-refractivity contribution is 0.0696. The van der Waals surface area contributed by atoms with Crippen molar-refractivity contribution < 1.29 is 18.3 Å². The Morgan fingerprint density at radius 1 is 1.15 bits per heavy atom. The maximum atomic E-state index is 12.9. The molecule has 0 spiro atoms. The molecule has 1 saturated heterocycles. The first-order chi connectivity index (χ1) is 12.9. The molecular weight excluding hydrogens is 364 g/mol. The minimum Gasteiger partial charge on any atom is -0.478 e. The highest BCUT2D eigenvalue weighted by Gasteiger charge is 2.26. The molecule has 0 radical (unpaired) electrons. The van der Waals surface area contributed by atoms with Crippen molar-refractivity contribution in [3.8, 4) is 0 Å². The van der Waals surface area contributed by atoms with Crippen LogP contribution in [0.15, 0.2) is 53.4 Å². The summed E-state index contributed by atoms with van der Waals surface area (Å²) < 4.78 is 28.4. The fourth-order valence-electron chi connectivity index (χ4n) is 3.48. The summed E-state index contributed by atoms with van der Waals surface area (Å²) in [5, 5.41) is 9.15. The maximum absolute atomic E-state index is 12.9. The fourth-order valence-corrected chi connectivity index (χ4v) is 4.78. The van der Waals surface area contributed by atoms with Gasteiger partial charge in [-0.15, -0.1) is 0 Å². The number of nitrogens with zero attached hydrogens (tertiary/aromatic N) is 1. The number of carboxylic acid groups (broad SMARTS) is 1. The van der Waals surface area contributed by atoms with Crippen molar-refractivity contribution in [2.75, 3.05) is 19.6 Å². The number of benzene rings is 2. The van der Waals surface area contributed by atoms with Crippen LogP contribution in [0, 0.1) is 6.92 Å². The van der Waals surface area contributed by atoms with Crippen molar-refractivity contribution in [2.45, 2.75) is 30.7 Å². The monoisotopic (exact) mass is 388 g/mol. The molecule has 144 valence electrons. The van der Waals surface area contributed by atoms with Crippen LogP contribution in [-0.4, -0.2) is 44.0 Å². The van der Waals surface area contributed by atoms with E-state index in [4.69, 9.17) is 5.11 Å². The summed E-state index contributed by atoms with van der Waals surface area (Å²) in [5.41, 5.74) is 1.54. The fraction of sp³-hybridized carbons (Fsp3) is 0.350. The number of aryl methyl sites for hydroxylation is 1. The van der Waals surface area contributed by atoms with Crippen LogP contribution < -0.4 is 4.72 Å². The third-order valence-corrected chi connectivity index (χ3v) is 6.52. The molecule has 0 saturated carbocycles. The van der Waals surface area contributed by atoms with E-state index in [1.54, 1.807) is 6.92 Å². The van der Waals surface area contributed by atoms with Gasteiger partial charge < -0.3 is 5.11 Å². The van der Waals surface area contributed by atoms with E-state index in [0.717, 1.165) is 31.5 Å². The highest BCUT2D eigenvalue weighted by Crippen LogP contribution is 2.25. The number of sulfonamides is 1. The summed E-state index contributed by atoms with van der Waals surface area (Å²) in [4.78, 5) is 13.5. The number of likely N-dealkylation sites (tertiary alicyclic amines) is 1. The number of hydrogen-bond acceptors (Lipinski definition) is 4. The van der Waals surface area contributed by atoms with E-state index in [1.165, 1.54) is 18.2 Å². The zero-order valence-electron chi connectivity index (χ0n) is 15.3. The molecule has 1 fully saturated rings. The largest absolute Gasteiger partial charge is 0.478 e. The second-order valence-corrected chi connectivity index (χ2v) is 8.54. The van der Waals surface area contributed by atoms with Crippen LogP contribution >= 0.6 is 0 Å². The second kappa shape index (κ2) is 8.21. The molecule has 1 unspecified atom stereocenters. The Hall–Kier alpha value is -2.22. The molecule has 1 atom stereocenters. The highest BCUT2D eigenvalue weighted by atomic mass is 32.2. The van der Waals surface area contributed by atoms with Gasteiger partial charge in [0.2, 0.25) is 10.0 Å². The number of nitrogens with one attached hydrogen (secondary N) is 1. The van der Waals surface area contributed by atoms with Crippen molar-refractivity contribution >= 4 is 16.0 Å². The summed E-state index contributed by atoms with van der Waals surface area (Å²) >= 11 is 0. The van der Waals surface area contributed by atoms with Gasteiger partial charge in [-0.3, -0.25) is 4.90 Å². The van der Waals surface area contributed by atoms with Gasteiger partial charge in [0.05, 0.1) is 10.5 Å². The molecule has 2 aromatic carbocycles. The summed E-state index contributed by atoms with van der Waals surface area (Å²) in [6, 6.07) is 14.0. The topological polar surface area (TPSA) is 86.7 Å². The Morgan fingerprint density at radius 3 is 2.44 bits per heavy atom. The Balaban J connectivity index is 1.84. The summed E-state index contributed by atoms with van der Waals surface area (Å²) in [7, 11) is -3.82. The molecular formula is C20H24N2O4S. The summed E-state index contributed by atoms with van der Waals surface area (Å²) in [6.45, 7) is 3.78. The third kappa shape index (κ3) is 4.55. The lowest BCUT2D eigenvalue weighted by Crippen LogP contribution is -2.37. The molecule has 27 heavy (non-hydrogen) atoms. The highest BCUT2D eigenvalue weighted by molar-refractivity contribution is 7.89. The van der Waals surface area contributed by atoms with Gasteiger partial charge in [-0.2, -0.15) is 0 Å². The Kier molecular flexibility index (Phi) is 5.94. The first kappa shape index (κ1) is 19.5. The molecule has 7 heteroatoms. The average molecular weight is 388 g/mol. The van der Waals surface area contributed by atoms with Crippen LogP contribution in [0.25, 0.3) is 0 Å². The normalized spacial score (nSPS) is 16.3. The molecule has 2 aromatic rings. The van der Waals surface area contributed by atoms with Crippen molar-refractivity contribution in [3.05, 3.63) is 65.2 Å². The number of carbonyl (C=O) groups is 1. The van der Waals surface area contributed by atoms with E-state index >= 15 is 0 Å². The van der Waals surface area contributed by atoms with Crippen LogP contribution in [0.1, 0.15) is 40.4 Å². The SMILES string of the molecule is Cc1ccc(C(=O)O)cc1S(=O)(=O)NCC(c1ccccc1)N1CCCC1. The zero-order chi connectivity index (χ0) is 19.4. The van der Waals surface area contributed by atoms with Gasteiger partial charge in [-0.1, -0.05) is 36.4 Å². The summed E-state index contributed by atoms with van der Waals surface area (Å²) in [5.74, 6) is -1.15. The van der Waals surface area contributed by atoms with Crippen molar-refractivity contribution in [2.24, 2.45) is 0 Å². The van der Waals surface area contributed by atoms with Crippen molar-refractivity contribution in [1.82, 2.24) is 9.62 Å². The summed E-state index contributed by atoms with van der Waals surface area (Å²) in [6.07, 6.45) is 2.21. The lowest BCUT2D eigenvalue weighted by atomic mass is 10.1. The molecule has 6 nitrogen and oxygen atoms in total. The first-order valence-corrected chi connectivity index (χ1v) is 10.5. The van der Waals surface area contributed by atoms with Crippen LogP contribution in [0.2, 0.25) is 0 Å². The average Bonchev–Trinajstić information content (AvgIpc) is 3.17. The van der Waals surface area contributed by atoms with E-state index in [-0.39, 0.29) is 23.0 Å². The van der Waals surface area contributed by atoms with E-state index in [0.29, 0.717) is 5.56 Å². The number of hydrogen-bond donors (Lipinski definition) is 2. The smallest absolute Gasteiger partial charge is 0.335 e. The molecule has 1 heterocycles. The van der Waals surface area contributed by atoms with Gasteiger partial charge in [-0.05, 0) is 56.1 Å². The number of carboxylic acids is 1. The van der Waals surface area contributed by atoms with E-state index in [9.17, 15) is 13.2 Å². The molecule has 0 aliphatic carbocycles. The van der Waals surface area contributed by atoms with Crippen molar-refractivity contribution in [3.63, 3.8) is 0 Å². The molecule has 0 aromatic heterocycles. The van der Waals surface area contributed by atoms with Crippen LogP contribution in [0.5, 0.6) is 0 Å². The van der Waals surface area contributed by atoms with E-state index in [1.807, 2.05) is 30.3 Å². The van der Waals surface area contributed by atoms with E-state index < -0.39 is 16.0 Å². The third-order valence-electron chi connectivity index (χ3n) is 4.96. The Labute approximate surface area is 159 Å².